The molecule has 1 aromatic carbocycles. The molecule has 0 saturated heterocycles. The quantitative estimate of drug-likeness (QED) is 0.636. The lowest BCUT2D eigenvalue weighted by molar-refractivity contribution is 0.550. The number of fused-ring (bicyclic) bond motifs is 2. The molecule has 20 heavy (non-hydrogen) atoms. The normalized spacial score (nSPS) is 15.2. The Morgan fingerprint density at radius 1 is 1.05 bits per heavy atom. The Hall–Kier alpha value is -2.75. The van der Waals surface area contributed by atoms with Crippen LogP contribution in [0.1, 0.15) is 0 Å². The summed E-state index contributed by atoms with van der Waals surface area (Å²) in [5.74, 6) is 0. The molecule has 0 unspecified atom stereocenters. The number of allylic oxidation sites excluding steroid dienone is 3. The predicted octanol–water partition coefficient (Wildman–Crippen LogP) is 1.47. The van der Waals surface area contributed by atoms with E-state index in [-0.39, 0.29) is 0 Å². The van der Waals surface area contributed by atoms with Gasteiger partial charge >= 0.3 is 0 Å². The molecule has 0 fully saturated rings. The van der Waals surface area contributed by atoms with Gasteiger partial charge in [-0.25, -0.2) is 4.68 Å². The molecular weight excluding hydrogens is 248 g/mol. The summed E-state index contributed by atoms with van der Waals surface area (Å²) in [6, 6.07) is 8.59. The van der Waals surface area contributed by atoms with Crippen molar-refractivity contribution in [2.24, 2.45) is 4.99 Å². The fourth-order valence-corrected chi connectivity index (χ4v) is 3.09. The van der Waals surface area contributed by atoms with Crippen LogP contribution in [0.2, 0.25) is 0 Å². The van der Waals surface area contributed by atoms with Gasteiger partial charge in [0.15, 0.2) is 0 Å². The summed E-state index contributed by atoms with van der Waals surface area (Å²) in [6.45, 7) is 0.657. The molecule has 96 valence electrons. The maximum absolute atomic E-state index is 4.66. The van der Waals surface area contributed by atoms with E-state index in [9.17, 15) is 0 Å². The Kier molecular flexibility index (Phi) is 1.72. The van der Waals surface area contributed by atoms with Crippen molar-refractivity contribution >= 4 is 23.2 Å². The minimum Gasteiger partial charge on any atom is -0.302 e. The van der Waals surface area contributed by atoms with Crippen molar-refractivity contribution in [1.82, 2.24) is 14.3 Å². The maximum Gasteiger partial charge on any atom is 0.144 e. The molecule has 0 aliphatic carbocycles. The van der Waals surface area contributed by atoms with Crippen molar-refractivity contribution < 1.29 is 0 Å². The Bertz CT molecular complexity index is 1120. The van der Waals surface area contributed by atoms with Gasteiger partial charge in [0.05, 0.1) is 16.1 Å². The first-order chi connectivity index (χ1) is 9.92. The maximum atomic E-state index is 4.66. The van der Waals surface area contributed by atoms with Crippen LogP contribution >= 0.6 is 0 Å². The first-order valence-electron chi connectivity index (χ1n) is 6.70. The first-order valence-corrected chi connectivity index (χ1v) is 6.70. The van der Waals surface area contributed by atoms with E-state index in [2.05, 4.69) is 68.0 Å². The highest BCUT2D eigenvalue weighted by molar-refractivity contribution is 5.62. The molecule has 1 aromatic rings. The van der Waals surface area contributed by atoms with E-state index in [0.717, 1.165) is 21.7 Å². The molecule has 4 bridgehead atoms. The number of hydrogen-bond acceptors (Lipinski definition) is 1. The number of hydrogen-bond donors (Lipinski definition) is 1. The highest BCUT2D eigenvalue weighted by Crippen LogP contribution is 2.11. The SMILES string of the molecule is C1=CC=c2ccc3ccc4[nH]n5c(n2C=C1)=c3c4=NC5. The number of benzene rings is 1. The zero-order valence-corrected chi connectivity index (χ0v) is 10.7. The van der Waals surface area contributed by atoms with Crippen LogP contribution in [0.25, 0.3) is 23.2 Å². The molecule has 5 aliphatic rings. The van der Waals surface area contributed by atoms with E-state index in [1.807, 2.05) is 6.08 Å². The smallest absolute Gasteiger partial charge is 0.144 e. The third-order valence-corrected chi connectivity index (χ3v) is 3.98. The number of H-pyrrole nitrogens is 1. The lowest BCUT2D eigenvalue weighted by Crippen LogP contribution is -2.28. The van der Waals surface area contributed by atoms with Gasteiger partial charge in [-0.3, -0.25) is 10.1 Å². The van der Waals surface area contributed by atoms with Gasteiger partial charge in [0.1, 0.15) is 12.1 Å². The molecule has 0 spiro atoms. The minimum absolute atomic E-state index is 0.657. The molecule has 4 heteroatoms. The Balaban J connectivity index is 2.28. The van der Waals surface area contributed by atoms with Crippen molar-refractivity contribution in [1.29, 1.82) is 0 Å². The fraction of sp³-hybridized carbons (Fsp3) is 0.0625. The van der Waals surface area contributed by atoms with Crippen molar-refractivity contribution in [3.8, 4) is 0 Å². The Morgan fingerprint density at radius 2 is 2.00 bits per heavy atom. The van der Waals surface area contributed by atoms with Gasteiger partial charge in [-0.2, -0.15) is 0 Å². The van der Waals surface area contributed by atoms with Crippen LogP contribution in [-0.2, 0) is 6.67 Å². The standard InChI is InChI=1S/C16H12N4/c1-2-4-12-7-5-11-6-8-13-15-14(11)16(19(12)9-3-1)20(18-13)10-17-15/h1-9,18H,10H2. The van der Waals surface area contributed by atoms with E-state index in [1.165, 1.54) is 10.6 Å². The molecule has 5 heterocycles. The van der Waals surface area contributed by atoms with E-state index in [0.29, 0.717) is 6.67 Å². The third kappa shape index (κ3) is 1.13. The highest BCUT2D eigenvalue weighted by atomic mass is 15.4. The second kappa shape index (κ2) is 3.42. The molecule has 0 atom stereocenters. The van der Waals surface area contributed by atoms with Crippen molar-refractivity contribution in [3.63, 3.8) is 0 Å². The Morgan fingerprint density at radius 3 is 3.00 bits per heavy atom. The molecule has 1 N–H and O–H groups in total. The molecule has 0 radical (unpaired) electrons. The highest BCUT2D eigenvalue weighted by Gasteiger charge is 2.11. The van der Waals surface area contributed by atoms with Gasteiger partial charge < -0.3 is 4.57 Å². The number of aromatic nitrogens is 3. The van der Waals surface area contributed by atoms with Crippen LogP contribution in [0.5, 0.6) is 0 Å². The summed E-state index contributed by atoms with van der Waals surface area (Å²) in [7, 11) is 0. The van der Waals surface area contributed by atoms with Crippen molar-refractivity contribution in [3.05, 3.63) is 63.9 Å². The van der Waals surface area contributed by atoms with E-state index >= 15 is 0 Å². The van der Waals surface area contributed by atoms with E-state index in [1.54, 1.807) is 0 Å². The summed E-state index contributed by atoms with van der Waals surface area (Å²) in [4.78, 5) is 4.66. The van der Waals surface area contributed by atoms with Crippen LogP contribution in [0.15, 0.2) is 47.5 Å². The third-order valence-electron chi connectivity index (χ3n) is 3.98. The lowest BCUT2D eigenvalue weighted by Gasteiger charge is -2.16. The zero-order valence-electron chi connectivity index (χ0n) is 10.7. The monoisotopic (exact) mass is 260 g/mol. The summed E-state index contributed by atoms with van der Waals surface area (Å²) in [5, 5.41) is 8.11. The van der Waals surface area contributed by atoms with Gasteiger partial charge in [0, 0.05) is 11.5 Å². The largest absolute Gasteiger partial charge is 0.302 e. The Labute approximate surface area is 114 Å². The van der Waals surface area contributed by atoms with E-state index in [4.69, 9.17) is 0 Å². The van der Waals surface area contributed by atoms with Crippen molar-refractivity contribution in [2.45, 2.75) is 6.67 Å². The van der Waals surface area contributed by atoms with Crippen LogP contribution in [0.4, 0.5) is 0 Å². The summed E-state index contributed by atoms with van der Waals surface area (Å²) >= 11 is 0. The average Bonchev–Trinajstić information content (AvgIpc) is 2.80. The van der Waals surface area contributed by atoms with Gasteiger partial charge in [-0.1, -0.05) is 24.3 Å². The second-order valence-corrected chi connectivity index (χ2v) is 5.11. The zero-order chi connectivity index (χ0) is 13.1. The molecule has 0 aromatic heterocycles. The summed E-state index contributed by atoms with van der Waals surface area (Å²) < 4.78 is 4.33. The van der Waals surface area contributed by atoms with Gasteiger partial charge in [0.2, 0.25) is 0 Å². The molecular formula is C16H12N4. The topological polar surface area (TPSA) is 38.0 Å². The summed E-state index contributed by atoms with van der Waals surface area (Å²) in [6.07, 6.45) is 10.4. The summed E-state index contributed by atoms with van der Waals surface area (Å²) in [5.41, 5.74) is 2.26. The van der Waals surface area contributed by atoms with Gasteiger partial charge in [-0.15, -0.1) is 0 Å². The minimum atomic E-state index is 0.657. The van der Waals surface area contributed by atoms with Crippen LogP contribution < -0.4 is 10.7 Å². The second-order valence-electron chi connectivity index (χ2n) is 5.11. The number of nitrogens with zero attached hydrogens (tertiary/aromatic N) is 3. The predicted molar refractivity (Wildman–Crippen MR) is 78.1 cm³/mol. The molecule has 0 amide bonds. The molecule has 0 saturated carbocycles. The average molecular weight is 260 g/mol. The molecule has 6 rings (SSSR count). The number of rotatable bonds is 0. The number of aromatic amines is 1. The van der Waals surface area contributed by atoms with E-state index < -0.39 is 0 Å². The fourth-order valence-electron chi connectivity index (χ4n) is 3.09. The van der Waals surface area contributed by atoms with Crippen LogP contribution in [-0.4, -0.2) is 14.3 Å². The van der Waals surface area contributed by atoms with Crippen LogP contribution in [0, 0.1) is 10.7 Å². The van der Waals surface area contributed by atoms with Gasteiger partial charge in [-0.05, 0) is 29.7 Å². The molecule has 4 nitrogen and oxygen atoms in total. The van der Waals surface area contributed by atoms with Crippen LogP contribution in [0.3, 0.4) is 0 Å². The first kappa shape index (κ1) is 10.1. The lowest BCUT2D eigenvalue weighted by atomic mass is 10.1. The van der Waals surface area contributed by atoms with Crippen molar-refractivity contribution in [2.75, 3.05) is 0 Å². The molecule has 5 aliphatic heterocycles. The van der Waals surface area contributed by atoms with Gasteiger partial charge in [0.25, 0.3) is 0 Å². The number of nitrogens with one attached hydrogen (secondary N) is 1.